The molecule has 0 aliphatic rings. The minimum absolute atomic E-state index is 0.171. The lowest BCUT2D eigenvalue weighted by Gasteiger charge is -2.36. The van der Waals surface area contributed by atoms with Crippen molar-refractivity contribution in [2.24, 2.45) is 23.2 Å². The minimum atomic E-state index is -1.52. The van der Waals surface area contributed by atoms with Crippen molar-refractivity contribution in [2.45, 2.75) is 54.4 Å². The Bertz CT molecular complexity index is 411. The molecule has 0 bridgehead atoms. The molecule has 0 spiro atoms. The summed E-state index contributed by atoms with van der Waals surface area (Å²) in [5, 5.41) is 9.73. The molecule has 0 fully saturated rings. The number of hydrogen-bond acceptors (Lipinski definition) is 5. The number of nitrogens with zero attached hydrogens (tertiary/aromatic N) is 1. The number of esters is 2. The van der Waals surface area contributed by atoms with Crippen LogP contribution in [-0.4, -0.2) is 25.2 Å². The molecule has 0 radical (unpaired) electrons. The summed E-state index contributed by atoms with van der Waals surface area (Å²) in [5.41, 5.74) is -1.52. The van der Waals surface area contributed by atoms with Crippen LogP contribution in [-0.2, 0) is 19.1 Å². The number of rotatable bonds is 9. The highest BCUT2D eigenvalue weighted by Crippen LogP contribution is 2.41. The molecule has 22 heavy (non-hydrogen) atoms. The third kappa shape index (κ3) is 4.46. The maximum absolute atomic E-state index is 12.5. The van der Waals surface area contributed by atoms with Crippen molar-refractivity contribution in [1.29, 1.82) is 5.26 Å². The highest BCUT2D eigenvalue weighted by Gasteiger charge is 2.55. The molecule has 0 aromatic rings. The van der Waals surface area contributed by atoms with Gasteiger partial charge in [0.1, 0.15) is 0 Å². The molecule has 0 N–H and O–H groups in total. The van der Waals surface area contributed by atoms with Gasteiger partial charge in [-0.25, -0.2) is 0 Å². The number of nitriles is 1. The minimum Gasteiger partial charge on any atom is -0.465 e. The smallest absolute Gasteiger partial charge is 0.327 e. The molecular formula is C17H29NO4. The number of hydrogen-bond donors (Lipinski definition) is 0. The van der Waals surface area contributed by atoms with Crippen LogP contribution in [0.3, 0.4) is 0 Å². The van der Waals surface area contributed by atoms with Crippen molar-refractivity contribution in [2.75, 3.05) is 13.2 Å². The Labute approximate surface area is 134 Å². The van der Waals surface area contributed by atoms with Gasteiger partial charge in [0.05, 0.1) is 25.2 Å². The zero-order valence-electron chi connectivity index (χ0n) is 14.6. The molecule has 0 amide bonds. The molecule has 0 aromatic heterocycles. The van der Waals surface area contributed by atoms with Crippen LogP contribution in [0.1, 0.15) is 54.4 Å². The van der Waals surface area contributed by atoms with E-state index >= 15 is 0 Å². The van der Waals surface area contributed by atoms with Gasteiger partial charge in [-0.15, -0.1) is 0 Å². The summed E-state index contributed by atoms with van der Waals surface area (Å²) < 4.78 is 10.4. The Hall–Kier alpha value is -1.57. The molecule has 126 valence electrons. The van der Waals surface area contributed by atoms with Crippen LogP contribution < -0.4 is 0 Å². The summed E-state index contributed by atoms with van der Waals surface area (Å²) >= 11 is 0. The fourth-order valence-electron chi connectivity index (χ4n) is 2.61. The summed E-state index contributed by atoms with van der Waals surface area (Å²) in [6, 6.07) is 2.08. The molecule has 5 nitrogen and oxygen atoms in total. The van der Waals surface area contributed by atoms with Crippen LogP contribution in [0.25, 0.3) is 0 Å². The van der Waals surface area contributed by atoms with Crippen LogP contribution in [0.15, 0.2) is 0 Å². The van der Waals surface area contributed by atoms with E-state index in [1.54, 1.807) is 20.8 Å². The second-order valence-electron chi connectivity index (χ2n) is 6.10. The van der Waals surface area contributed by atoms with Crippen molar-refractivity contribution in [1.82, 2.24) is 0 Å². The molecule has 2 unspecified atom stereocenters. The maximum Gasteiger partial charge on any atom is 0.327 e. The number of carbonyl (C=O) groups is 2. The highest BCUT2D eigenvalue weighted by molar-refractivity contribution is 5.88. The quantitative estimate of drug-likeness (QED) is 0.482. The summed E-state index contributed by atoms with van der Waals surface area (Å²) in [5.74, 6) is -2.54. The van der Waals surface area contributed by atoms with Gasteiger partial charge < -0.3 is 9.47 Å². The number of unbranched alkanes of at least 4 members (excludes halogenated alkanes) is 1. The first-order valence-corrected chi connectivity index (χ1v) is 8.04. The molecule has 0 saturated heterocycles. The molecule has 2 atom stereocenters. The first-order chi connectivity index (χ1) is 10.3. The van der Waals surface area contributed by atoms with Crippen molar-refractivity contribution in [3.05, 3.63) is 0 Å². The normalized spacial score (nSPS) is 15.0. The van der Waals surface area contributed by atoms with E-state index in [0.29, 0.717) is 6.61 Å². The average molecular weight is 311 g/mol. The predicted molar refractivity (Wildman–Crippen MR) is 83.7 cm³/mol. The third-order valence-corrected chi connectivity index (χ3v) is 3.86. The van der Waals surface area contributed by atoms with Gasteiger partial charge in [0.25, 0.3) is 0 Å². The van der Waals surface area contributed by atoms with Gasteiger partial charge in [0, 0.05) is 0 Å². The topological polar surface area (TPSA) is 76.4 Å². The zero-order valence-corrected chi connectivity index (χ0v) is 14.6. The van der Waals surface area contributed by atoms with Gasteiger partial charge in [0.2, 0.25) is 0 Å². The van der Waals surface area contributed by atoms with Gasteiger partial charge >= 0.3 is 11.9 Å². The van der Waals surface area contributed by atoms with Crippen LogP contribution in [0.5, 0.6) is 0 Å². The van der Waals surface area contributed by atoms with Crippen LogP contribution in [0.4, 0.5) is 0 Å². The Morgan fingerprint density at radius 2 is 1.73 bits per heavy atom. The fourth-order valence-corrected chi connectivity index (χ4v) is 2.61. The average Bonchev–Trinajstić information content (AvgIpc) is 2.43. The molecule has 0 heterocycles. The van der Waals surface area contributed by atoms with E-state index in [1.807, 2.05) is 20.8 Å². The van der Waals surface area contributed by atoms with E-state index in [9.17, 15) is 14.9 Å². The molecule has 0 saturated carbocycles. The molecule has 5 heteroatoms. The first kappa shape index (κ1) is 20.4. The first-order valence-electron chi connectivity index (χ1n) is 8.04. The Kier molecular flexibility index (Phi) is 8.77. The van der Waals surface area contributed by atoms with E-state index in [4.69, 9.17) is 9.47 Å². The second-order valence-corrected chi connectivity index (χ2v) is 6.10. The van der Waals surface area contributed by atoms with Crippen molar-refractivity contribution in [3.63, 3.8) is 0 Å². The molecule has 0 aliphatic heterocycles. The second kappa shape index (κ2) is 9.45. The van der Waals surface area contributed by atoms with Gasteiger partial charge in [0.15, 0.2) is 5.41 Å². The van der Waals surface area contributed by atoms with Crippen LogP contribution >= 0.6 is 0 Å². The number of ether oxygens (including phenoxy) is 2. The third-order valence-electron chi connectivity index (χ3n) is 3.86. The van der Waals surface area contributed by atoms with Crippen molar-refractivity contribution >= 4 is 11.9 Å². The Balaban J connectivity index is 5.65. The highest BCUT2D eigenvalue weighted by atomic mass is 16.5. The fraction of sp³-hybridized carbons (Fsp3) is 0.824. The van der Waals surface area contributed by atoms with E-state index in [-0.39, 0.29) is 18.4 Å². The van der Waals surface area contributed by atoms with Crippen LogP contribution in [0, 0.1) is 34.5 Å². The van der Waals surface area contributed by atoms with E-state index in [0.717, 1.165) is 12.8 Å². The predicted octanol–water partition coefficient (Wildman–Crippen LogP) is 3.33. The lowest BCUT2D eigenvalue weighted by molar-refractivity contribution is -0.171. The maximum atomic E-state index is 12.5. The Morgan fingerprint density at radius 3 is 2.09 bits per heavy atom. The lowest BCUT2D eigenvalue weighted by atomic mass is 9.64. The summed E-state index contributed by atoms with van der Waals surface area (Å²) in [4.78, 5) is 25.0. The van der Waals surface area contributed by atoms with E-state index < -0.39 is 23.3 Å². The molecule has 0 rings (SSSR count). The largest absolute Gasteiger partial charge is 0.465 e. The van der Waals surface area contributed by atoms with E-state index in [1.165, 1.54) is 0 Å². The van der Waals surface area contributed by atoms with Gasteiger partial charge in [-0.05, 0) is 25.2 Å². The van der Waals surface area contributed by atoms with Crippen molar-refractivity contribution in [3.8, 4) is 6.07 Å². The van der Waals surface area contributed by atoms with Gasteiger partial charge in [-0.2, -0.15) is 5.26 Å². The molecule has 0 aliphatic carbocycles. The molecular weight excluding hydrogens is 282 g/mol. The van der Waals surface area contributed by atoms with E-state index in [2.05, 4.69) is 6.07 Å². The standard InChI is InChI=1S/C17H29NO4/c1-7-9-10-22-15(19)14(12(3)4)17(11-18,13(5)6)16(20)21-8-2/h12-14H,7-10H2,1-6H3. The van der Waals surface area contributed by atoms with Crippen LogP contribution in [0.2, 0.25) is 0 Å². The van der Waals surface area contributed by atoms with Gasteiger partial charge in [-0.3, -0.25) is 9.59 Å². The summed E-state index contributed by atoms with van der Waals surface area (Å²) in [6.07, 6.45) is 1.67. The van der Waals surface area contributed by atoms with Gasteiger partial charge in [-0.1, -0.05) is 41.0 Å². The molecule has 0 aromatic carbocycles. The Morgan fingerprint density at radius 1 is 1.14 bits per heavy atom. The SMILES string of the molecule is CCCCOC(=O)C(C(C)C)C(C#N)(C(=O)OCC)C(C)C. The summed E-state index contributed by atoms with van der Waals surface area (Å²) in [7, 11) is 0. The monoisotopic (exact) mass is 311 g/mol. The summed E-state index contributed by atoms with van der Waals surface area (Å²) in [6.45, 7) is 11.3. The zero-order chi connectivity index (χ0) is 17.3. The van der Waals surface area contributed by atoms with Crippen molar-refractivity contribution < 1.29 is 19.1 Å². The lowest BCUT2D eigenvalue weighted by Crippen LogP contribution is -2.49. The number of carbonyl (C=O) groups excluding carboxylic acids is 2.